The molecule has 0 spiro atoms. The SMILES string of the molecule is C/C(N)=C(/C(=N)c1ccncc1)c1ccc(-c2ccc(C#N)nc2C)cc1. The molecule has 0 radical (unpaired) electrons. The fourth-order valence-electron chi connectivity index (χ4n) is 2.98. The summed E-state index contributed by atoms with van der Waals surface area (Å²) in [5, 5.41) is 17.5. The predicted octanol–water partition coefficient (Wildman–Crippen LogP) is 4.08. The van der Waals surface area contributed by atoms with Gasteiger partial charge >= 0.3 is 0 Å². The fourth-order valence-corrected chi connectivity index (χ4v) is 2.98. The molecule has 0 aliphatic carbocycles. The number of nitrogens with one attached hydrogen (secondary N) is 1. The predicted molar refractivity (Wildman–Crippen MR) is 107 cm³/mol. The van der Waals surface area contributed by atoms with Gasteiger partial charge in [0.25, 0.3) is 0 Å². The van der Waals surface area contributed by atoms with Gasteiger partial charge in [-0.3, -0.25) is 10.4 Å². The highest BCUT2D eigenvalue weighted by Gasteiger charge is 2.13. The molecule has 0 saturated carbocycles. The largest absolute Gasteiger partial charge is 0.402 e. The van der Waals surface area contributed by atoms with Crippen molar-refractivity contribution in [2.75, 3.05) is 0 Å². The third-order valence-corrected chi connectivity index (χ3v) is 4.30. The summed E-state index contributed by atoms with van der Waals surface area (Å²) < 4.78 is 0. The van der Waals surface area contributed by atoms with Crippen molar-refractivity contribution in [3.8, 4) is 17.2 Å². The molecule has 0 saturated heterocycles. The van der Waals surface area contributed by atoms with Crippen LogP contribution in [0.2, 0.25) is 0 Å². The van der Waals surface area contributed by atoms with E-state index < -0.39 is 0 Å². The summed E-state index contributed by atoms with van der Waals surface area (Å²) in [6, 6.07) is 17.1. The molecule has 3 N–H and O–H groups in total. The van der Waals surface area contributed by atoms with Crippen LogP contribution in [0.5, 0.6) is 0 Å². The van der Waals surface area contributed by atoms with Crippen LogP contribution in [-0.2, 0) is 0 Å². The minimum atomic E-state index is 0.362. The van der Waals surface area contributed by atoms with Crippen LogP contribution < -0.4 is 5.73 Å². The summed E-state index contributed by atoms with van der Waals surface area (Å²) in [7, 11) is 0. The Hall–Kier alpha value is -3.78. The van der Waals surface area contributed by atoms with Crippen molar-refractivity contribution in [1.82, 2.24) is 9.97 Å². The number of benzene rings is 1. The Labute approximate surface area is 158 Å². The zero-order valence-corrected chi connectivity index (χ0v) is 15.2. The fraction of sp³-hybridized carbons (Fsp3) is 0.0909. The highest BCUT2D eigenvalue weighted by Crippen LogP contribution is 2.27. The Bertz CT molecular complexity index is 1050. The average Bonchev–Trinajstić information content (AvgIpc) is 2.69. The van der Waals surface area contributed by atoms with Crippen LogP contribution in [0.25, 0.3) is 16.7 Å². The standard InChI is InChI=1S/C22H19N5/c1-14(24)21(22(25)18-9-11-26-12-10-18)17-5-3-16(4-6-17)20-8-7-19(13-23)27-15(20)2/h3-12,25H,24H2,1-2H3/b21-14-,25-22?. The molecule has 2 heterocycles. The average molecular weight is 353 g/mol. The van der Waals surface area contributed by atoms with Gasteiger partial charge < -0.3 is 5.73 Å². The third-order valence-electron chi connectivity index (χ3n) is 4.30. The van der Waals surface area contributed by atoms with Crippen LogP contribution in [0.15, 0.2) is 66.6 Å². The number of rotatable bonds is 4. The number of nitrogens with two attached hydrogens (primary N) is 1. The Morgan fingerprint density at radius 2 is 1.67 bits per heavy atom. The zero-order chi connectivity index (χ0) is 19.4. The molecular weight excluding hydrogens is 334 g/mol. The number of hydrogen-bond acceptors (Lipinski definition) is 5. The van der Waals surface area contributed by atoms with Gasteiger partial charge in [0, 0.05) is 40.5 Å². The van der Waals surface area contributed by atoms with E-state index >= 15 is 0 Å². The lowest BCUT2D eigenvalue weighted by molar-refractivity contribution is 1.17. The van der Waals surface area contributed by atoms with E-state index in [0.717, 1.165) is 27.9 Å². The van der Waals surface area contributed by atoms with E-state index in [0.29, 0.717) is 22.7 Å². The second kappa shape index (κ2) is 7.63. The van der Waals surface area contributed by atoms with Crippen molar-refractivity contribution in [1.29, 1.82) is 10.7 Å². The second-order valence-corrected chi connectivity index (χ2v) is 6.19. The van der Waals surface area contributed by atoms with Gasteiger partial charge in [-0.25, -0.2) is 4.98 Å². The van der Waals surface area contributed by atoms with Crippen molar-refractivity contribution >= 4 is 11.3 Å². The zero-order valence-electron chi connectivity index (χ0n) is 15.2. The first-order valence-electron chi connectivity index (χ1n) is 8.45. The normalized spacial score (nSPS) is 11.4. The molecule has 0 unspecified atom stereocenters. The Balaban J connectivity index is 1.97. The van der Waals surface area contributed by atoms with E-state index in [1.54, 1.807) is 37.5 Å². The molecule has 3 aromatic rings. The van der Waals surface area contributed by atoms with Gasteiger partial charge in [0.1, 0.15) is 11.8 Å². The lowest BCUT2D eigenvalue weighted by atomic mass is 9.93. The smallest absolute Gasteiger partial charge is 0.140 e. The summed E-state index contributed by atoms with van der Waals surface area (Å²) >= 11 is 0. The molecule has 0 atom stereocenters. The summed E-state index contributed by atoms with van der Waals surface area (Å²) in [5.74, 6) is 0. The van der Waals surface area contributed by atoms with Crippen molar-refractivity contribution in [2.24, 2.45) is 5.73 Å². The van der Waals surface area contributed by atoms with Gasteiger partial charge in [-0.15, -0.1) is 0 Å². The maximum atomic E-state index is 8.97. The summed E-state index contributed by atoms with van der Waals surface area (Å²) in [6.45, 7) is 3.69. The molecule has 132 valence electrons. The topological polar surface area (TPSA) is 99.4 Å². The van der Waals surface area contributed by atoms with Gasteiger partial charge in [0.15, 0.2) is 0 Å². The quantitative estimate of drug-likeness (QED) is 0.690. The first-order chi connectivity index (χ1) is 13.0. The molecule has 0 bridgehead atoms. The van der Waals surface area contributed by atoms with Gasteiger partial charge in [-0.1, -0.05) is 24.3 Å². The highest BCUT2D eigenvalue weighted by molar-refractivity contribution is 6.30. The number of nitrogens with zero attached hydrogens (tertiary/aromatic N) is 3. The first kappa shape index (κ1) is 18.0. The Morgan fingerprint density at radius 1 is 1.00 bits per heavy atom. The van der Waals surface area contributed by atoms with E-state index in [4.69, 9.17) is 16.4 Å². The van der Waals surface area contributed by atoms with E-state index in [9.17, 15) is 0 Å². The maximum absolute atomic E-state index is 8.97. The third kappa shape index (κ3) is 3.75. The van der Waals surface area contributed by atoms with Crippen LogP contribution >= 0.6 is 0 Å². The monoisotopic (exact) mass is 353 g/mol. The number of nitriles is 1. The molecule has 2 aromatic heterocycles. The van der Waals surface area contributed by atoms with Crippen LogP contribution in [0.1, 0.15) is 29.4 Å². The number of allylic oxidation sites excluding steroid dienone is 2. The number of aryl methyl sites for hydroxylation is 1. The van der Waals surface area contributed by atoms with E-state index in [1.165, 1.54) is 0 Å². The first-order valence-corrected chi connectivity index (χ1v) is 8.45. The summed E-state index contributed by atoms with van der Waals surface area (Å²) in [5.41, 5.74) is 12.6. The van der Waals surface area contributed by atoms with Crippen molar-refractivity contribution in [2.45, 2.75) is 13.8 Å². The lowest BCUT2D eigenvalue weighted by Gasteiger charge is -2.13. The number of pyridine rings is 2. The van der Waals surface area contributed by atoms with Crippen molar-refractivity contribution in [3.05, 3.63) is 89.1 Å². The van der Waals surface area contributed by atoms with Gasteiger partial charge in [0.2, 0.25) is 0 Å². The molecule has 27 heavy (non-hydrogen) atoms. The molecule has 5 nitrogen and oxygen atoms in total. The Morgan fingerprint density at radius 3 is 2.22 bits per heavy atom. The Kier molecular flexibility index (Phi) is 5.09. The van der Waals surface area contributed by atoms with Crippen LogP contribution in [0.4, 0.5) is 0 Å². The van der Waals surface area contributed by atoms with Crippen LogP contribution in [0, 0.1) is 23.7 Å². The second-order valence-electron chi connectivity index (χ2n) is 6.19. The summed E-state index contributed by atoms with van der Waals surface area (Å²) in [6.07, 6.45) is 3.33. The maximum Gasteiger partial charge on any atom is 0.140 e. The number of hydrogen-bond donors (Lipinski definition) is 2. The van der Waals surface area contributed by atoms with Crippen molar-refractivity contribution < 1.29 is 0 Å². The van der Waals surface area contributed by atoms with Crippen LogP contribution in [-0.4, -0.2) is 15.7 Å². The molecule has 0 aliphatic heterocycles. The molecule has 0 amide bonds. The molecule has 0 aliphatic rings. The van der Waals surface area contributed by atoms with E-state index in [1.807, 2.05) is 37.3 Å². The van der Waals surface area contributed by atoms with Crippen LogP contribution in [0.3, 0.4) is 0 Å². The van der Waals surface area contributed by atoms with Gasteiger partial charge in [-0.2, -0.15) is 5.26 Å². The minimum absolute atomic E-state index is 0.362. The molecule has 3 rings (SSSR count). The van der Waals surface area contributed by atoms with Crippen molar-refractivity contribution in [3.63, 3.8) is 0 Å². The minimum Gasteiger partial charge on any atom is -0.402 e. The van der Waals surface area contributed by atoms with Gasteiger partial charge in [0.05, 0.1) is 5.71 Å². The number of aromatic nitrogens is 2. The summed E-state index contributed by atoms with van der Waals surface area (Å²) in [4.78, 5) is 8.29. The van der Waals surface area contributed by atoms with E-state index in [2.05, 4.69) is 16.0 Å². The molecule has 1 aromatic carbocycles. The van der Waals surface area contributed by atoms with Gasteiger partial charge in [-0.05, 0) is 49.2 Å². The lowest BCUT2D eigenvalue weighted by Crippen LogP contribution is -2.09. The molecule has 5 heteroatoms. The molecule has 0 fully saturated rings. The highest BCUT2D eigenvalue weighted by atomic mass is 14.7. The van der Waals surface area contributed by atoms with E-state index in [-0.39, 0.29) is 0 Å². The molecular formula is C22H19N5.